The van der Waals surface area contributed by atoms with Crippen LogP contribution in [0.15, 0.2) is 18.7 Å². The van der Waals surface area contributed by atoms with Crippen molar-refractivity contribution in [2.75, 3.05) is 19.6 Å². The van der Waals surface area contributed by atoms with Crippen molar-refractivity contribution in [3.63, 3.8) is 0 Å². The molecule has 7 nitrogen and oxygen atoms in total. The third kappa shape index (κ3) is 4.64. The Morgan fingerprint density at radius 2 is 1.93 bits per heavy atom. The highest BCUT2D eigenvalue weighted by Crippen LogP contribution is 2.25. The number of carbonyl (C=O) groups excluding carboxylic acids is 2. The maximum Gasteiger partial charge on any atom is 0.240 e. The molecule has 0 aromatic carbocycles. The van der Waals surface area contributed by atoms with Crippen LogP contribution in [0, 0.1) is 0 Å². The number of carbonyl (C=O) groups is 2. The van der Waals surface area contributed by atoms with E-state index in [2.05, 4.69) is 28.7 Å². The SMILES string of the molecule is CC(=O)N(Cc1cncnc1)[C@@H]1CCCN([C@H]2CCN(C(C)C)C2=O)CC1. The van der Waals surface area contributed by atoms with Crippen molar-refractivity contribution < 1.29 is 9.59 Å². The number of rotatable bonds is 5. The van der Waals surface area contributed by atoms with Crippen molar-refractivity contribution in [2.45, 2.75) is 71.1 Å². The molecule has 0 aliphatic carbocycles. The fourth-order valence-corrected chi connectivity index (χ4v) is 4.37. The molecule has 2 saturated heterocycles. The summed E-state index contributed by atoms with van der Waals surface area (Å²) in [5, 5.41) is 0. The standard InChI is InChI=1S/C20H31N5O2/c1-15(2)24-10-7-19(20(24)27)23-8-4-5-18(6-9-23)25(16(3)26)13-17-11-21-14-22-12-17/h11-12,14-15,18-19H,4-10,13H2,1-3H3/t18-,19+/m1/s1. The lowest BCUT2D eigenvalue weighted by Crippen LogP contribution is -2.44. The van der Waals surface area contributed by atoms with E-state index in [-0.39, 0.29) is 29.9 Å². The molecule has 0 bridgehead atoms. The minimum atomic E-state index is 0.0134. The summed E-state index contributed by atoms with van der Waals surface area (Å²) in [6.07, 6.45) is 8.83. The van der Waals surface area contributed by atoms with E-state index < -0.39 is 0 Å². The van der Waals surface area contributed by atoms with Gasteiger partial charge in [0, 0.05) is 56.6 Å². The van der Waals surface area contributed by atoms with E-state index >= 15 is 0 Å². The summed E-state index contributed by atoms with van der Waals surface area (Å²) >= 11 is 0. The van der Waals surface area contributed by atoms with Gasteiger partial charge < -0.3 is 9.80 Å². The fourth-order valence-electron chi connectivity index (χ4n) is 4.37. The molecule has 148 valence electrons. The van der Waals surface area contributed by atoms with Gasteiger partial charge in [0.1, 0.15) is 6.33 Å². The molecule has 0 radical (unpaired) electrons. The molecule has 2 fully saturated rings. The van der Waals surface area contributed by atoms with E-state index in [4.69, 9.17) is 0 Å². The predicted molar refractivity (Wildman–Crippen MR) is 103 cm³/mol. The Labute approximate surface area is 161 Å². The summed E-state index contributed by atoms with van der Waals surface area (Å²) in [5.74, 6) is 0.355. The summed E-state index contributed by atoms with van der Waals surface area (Å²) in [4.78, 5) is 39.4. The average molecular weight is 374 g/mol. The molecular weight excluding hydrogens is 342 g/mol. The van der Waals surface area contributed by atoms with Gasteiger partial charge in [-0.15, -0.1) is 0 Å². The molecule has 2 aliphatic heterocycles. The van der Waals surface area contributed by atoms with Gasteiger partial charge in [-0.25, -0.2) is 9.97 Å². The smallest absolute Gasteiger partial charge is 0.240 e. The first kappa shape index (κ1) is 19.7. The Balaban J connectivity index is 1.63. The number of aromatic nitrogens is 2. The summed E-state index contributed by atoms with van der Waals surface area (Å²) in [7, 11) is 0. The van der Waals surface area contributed by atoms with Crippen molar-refractivity contribution >= 4 is 11.8 Å². The van der Waals surface area contributed by atoms with Crippen LogP contribution in [0.4, 0.5) is 0 Å². The van der Waals surface area contributed by atoms with Gasteiger partial charge >= 0.3 is 0 Å². The third-order valence-corrected chi connectivity index (χ3v) is 5.82. The zero-order valence-corrected chi connectivity index (χ0v) is 16.7. The molecule has 1 aromatic rings. The number of hydrogen-bond donors (Lipinski definition) is 0. The van der Waals surface area contributed by atoms with Gasteiger partial charge in [-0.2, -0.15) is 0 Å². The van der Waals surface area contributed by atoms with Crippen LogP contribution >= 0.6 is 0 Å². The molecule has 27 heavy (non-hydrogen) atoms. The third-order valence-electron chi connectivity index (χ3n) is 5.82. The van der Waals surface area contributed by atoms with Crippen LogP contribution in [0.3, 0.4) is 0 Å². The Hall–Kier alpha value is -2.02. The van der Waals surface area contributed by atoms with Crippen LogP contribution in [0.5, 0.6) is 0 Å². The molecule has 3 rings (SSSR count). The van der Waals surface area contributed by atoms with E-state index in [0.717, 1.165) is 50.9 Å². The second kappa shape index (κ2) is 8.78. The number of hydrogen-bond acceptors (Lipinski definition) is 5. The largest absolute Gasteiger partial charge is 0.339 e. The summed E-state index contributed by atoms with van der Waals surface area (Å²) in [6, 6.07) is 0.480. The second-order valence-corrected chi connectivity index (χ2v) is 7.94. The molecule has 7 heteroatoms. The van der Waals surface area contributed by atoms with Gasteiger partial charge in [0.25, 0.3) is 0 Å². The molecule has 1 aromatic heterocycles. The van der Waals surface area contributed by atoms with Gasteiger partial charge in [0.15, 0.2) is 0 Å². The molecule has 0 unspecified atom stereocenters. The maximum absolute atomic E-state index is 12.7. The van der Waals surface area contributed by atoms with Crippen molar-refractivity contribution in [2.24, 2.45) is 0 Å². The predicted octanol–water partition coefficient (Wildman–Crippen LogP) is 1.69. The lowest BCUT2D eigenvalue weighted by molar-refractivity contribution is -0.134. The highest BCUT2D eigenvalue weighted by Gasteiger charge is 2.38. The van der Waals surface area contributed by atoms with Crippen LogP contribution in [-0.2, 0) is 16.1 Å². The van der Waals surface area contributed by atoms with Crippen LogP contribution in [-0.4, -0.2) is 74.2 Å². The van der Waals surface area contributed by atoms with Crippen LogP contribution in [0.25, 0.3) is 0 Å². The van der Waals surface area contributed by atoms with Gasteiger partial charge in [-0.05, 0) is 46.1 Å². The van der Waals surface area contributed by atoms with Gasteiger partial charge in [-0.1, -0.05) is 0 Å². The maximum atomic E-state index is 12.7. The molecular formula is C20H31N5O2. The number of nitrogens with zero attached hydrogens (tertiary/aromatic N) is 5. The first-order valence-electron chi connectivity index (χ1n) is 10.0. The Morgan fingerprint density at radius 1 is 1.19 bits per heavy atom. The van der Waals surface area contributed by atoms with Gasteiger partial charge in [0.05, 0.1) is 6.04 Å². The van der Waals surface area contributed by atoms with Crippen LogP contribution in [0.2, 0.25) is 0 Å². The Morgan fingerprint density at radius 3 is 2.56 bits per heavy atom. The zero-order chi connectivity index (χ0) is 19.4. The molecule has 0 saturated carbocycles. The van der Waals surface area contributed by atoms with Crippen molar-refractivity contribution in [3.05, 3.63) is 24.3 Å². The van der Waals surface area contributed by atoms with E-state index in [1.165, 1.54) is 6.33 Å². The lowest BCUT2D eigenvalue weighted by atomic mass is 10.1. The highest BCUT2D eigenvalue weighted by molar-refractivity contribution is 5.84. The van der Waals surface area contributed by atoms with Crippen molar-refractivity contribution in [1.29, 1.82) is 0 Å². The summed E-state index contributed by atoms with van der Waals surface area (Å²) < 4.78 is 0. The summed E-state index contributed by atoms with van der Waals surface area (Å²) in [6.45, 7) is 8.99. The van der Waals surface area contributed by atoms with Crippen molar-refractivity contribution in [3.8, 4) is 0 Å². The minimum Gasteiger partial charge on any atom is -0.339 e. The topological polar surface area (TPSA) is 69.6 Å². The number of amides is 2. The van der Waals surface area contributed by atoms with E-state index in [1.54, 1.807) is 19.3 Å². The van der Waals surface area contributed by atoms with E-state index in [9.17, 15) is 9.59 Å². The monoisotopic (exact) mass is 373 g/mol. The lowest BCUT2D eigenvalue weighted by Gasteiger charge is -2.31. The molecule has 2 amide bonds. The zero-order valence-electron chi connectivity index (χ0n) is 16.7. The summed E-state index contributed by atoms with van der Waals surface area (Å²) in [5.41, 5.74) is 0.951. The quantitative estimate of drug-likeness (QED) is 0.786. The van der Waals surface area contributed by atoms with E-state index in [0.29, 0.717) is 6.54 Å². The molecule has 0 N–H and O–H groups in total. The number of likely N-dealkylation sites (tertiary alicyclic amines) is 2. The van der Waals surface area contributed by atoms with E-state index in [1.807, 2.05) is 9.80 Å². The minimum absolute atomic E-state index is 0.0134. The average Bonchev–Trinajstić information content (AvgIpc) is 2.87. The normalized spacial score (nSPS) is 24.3. The molecule has 0 spiro atoms. The molecule has 2 atom stereocenters. The first-order valence-corrected chi connectivity index (χ1v) is 10.0. The fraction of sp³-hybridized carbons (Fsp3) is 0.700. The second-order valence-electron chi connectivity index (χ2n) is 7.94. The Bertz CT molecular complexity index is 651. The Kier molecular flexibility index (Phi) is 6.42. The molecule has 2 aliphatic rings. The first-order chi connectivity index (χ1) is 13.0. The van der Waals surface area contributed by atoms with Crippen LogP contribution in [0.1, 0.15) is 52.0 Å². The van der Waals surface area contributed by atoms with Crippen molar-refractivity contribution in [1.82, 2.24) is 24.7 Å². The van der Waals surface area contributed by atoms with Crippen LogP contribution < -0.4 is 0 Å². The molecule has 3 heterocycles. The van der Waals surface area contributed by atoms with Gasteiger partial charge in [0.2, 0.25) is 11.8 Å². The van der Waals surface area contributed by atoms with Gasteiger partial charge in [-0.3, -0.25) is 14.5 Å². The highest BCUT2D eigenvalue weighted by atomic mass is 16.2.